The Balaban J connectivity index is 2.50. The van der Waals surface area contributed by atoms with Crippen molar-refractivity contribution in [1.29, 1.82) is 0 Å². The highest BCUT2D eigenvalue weighted by Gasteiger charge is 2.07. The molecule has 3 nitrogen and oxygen atoms in total. The number of halogens is 2. The van der Waals surface area contributed by atoms with Crippen molar-refractivity contribution in [2.24, 2.45) is 0 Å². The number of rotatable bonds is 5. The second kappa shape index (κ2) is 7.13. The van der Waals surface area contributed by atoms with Crippen LogP contribution >= 0.6 is 31.9 Å². The van der Waals surface area contributed by atoms with Crippen LogP contribution in [0.25, 0.3) is 0 Å². The number of hydrogen-bond donors (Lipinski definition) is 2. The predicted molar refractivity (Wildman–Crippen MR) is 78.2 cm³/mol. The van der Waals surface area contributed by atoms with E-state index in [0.717, 1.165) is 21.1 Å². The SMILES string of the molecule is CCC(C)NCC(=O)Nc1ccc(Br)cc1Br. The van der Waals surface area contributed by atoms with E-state index in [1.807, 2.05) is 18.2 Å². The molecule has 0 aliphatic carbocycles. The summed E-state index contributed by atoms with van der Waals surface area (Å²) in [5.74, 6) is -0.0340. The molecule has 17 heavy (non-hydrogen) atoms. The van der Waals surface area contributed by atoms with Crippen LogP contribution in [0.1, 0.15) is 20.3 Å². The molecule has 0 fully saturated rings. The maximum atomic E-state index is 11.7. The molecule has 1 amide bonds. The summed E-state index contributed by atoms with van der Waals surface area (Å²) in [5, 5.41) is 5.99. The molecule has 1 aromatic rings. The lowest BCUT2D eigenvalue weighted by Crippen LogP contribution is -2.34. The van der Waals surface area contributed by atoms with Crippen molar-refractivity contribution in [1.82, 2.24) is 5.32 Å². The van der Waals surface area contributed by atoms with Crippen molar-refractivity contribution in [3.05, 3.63) is 27.1 Å². The van der Waals surface area contributed by atoms with Crippen LogP contribution in [0.2, 0.25) is 0 Å². The molecule has 0 saturated heterocycles. The monoisotopic (exact) mass is 362 g/mol. The third-order valence-electron chi connectivity index (χ3n) is 2.43. The van der Waals surface area contributed by atoms with Gasteiger partial charge in [0.15, 0.2) is 0 Å². The van der Waals surface area contributed by atoms with Crippen LogP contribution in [0.3, 0.4) is 0 Å². The number of anilines is 1. The maximum Gasteiger partial charge on any atom is 0.238 e. The summed E-state index contributed by atoms with van der Waals surface area (Å²) in [6.45, 7) is 4.47. The third-order valence-corrected chi connectivity index (χ3v) is 3.58. The summed E-state index contributed by atoms with van der Waals surface area (Å²) in [6, 6.07) is 6.00. The highest BCUT2D eigenvalue weighted by Crippen LogP contribution is 2.25. The minimum absolute atomic E-state index is 0.0340. The van der Waals surface area contributed by atoms with E-state index >= 15 is 0 Å². The van der Waals surface area contributed by atoms with Gasteiger partial charge in [-0.1, -0.05) is 22.9 Å². The molecular weight excluding hydrogens is 348 g/mol. The first-order chi connectivity index (χ1) is 8.02. The van der Waals surface area contributed by atoms with E-state index < -0.39 is 0 Å². The molecule has 1 rings (SSSR count). The van der Waals surface area contributed by atoms with Crippen LogP contribution in [0.4, 0.5) is 5.69 Å². The van der Waals surface area contributed by atoms with Gasteiger partial charge in [-0.3, -0.25) is 4.79 Å². The average Bonchev–Trinajstić information content (AvgIpc) is 2.29. The quantitative estimate of drug-likeness (QED) is 0.840. The fourth-order valence-electron chi connectivity index (χ4n) is 1.20. The van der Waals surface area contributed by atoms with Crippen molar-refractivity contribution < 1.29 is 4.79 Å². The normalized spacial score (nSPS) is 12.2. The second-order valence-corrected chi connectivity index (χ2v) is 5.63. The van der Waals surface area contributed by atoms with Crippen LogP contribution in [0, 0.1) is 0 Å². The minimum atomic E-state index is -0.0340. The summed E-state index contributed by atoms with van der Waals surface area (Å²) >= 11 is 6.77. The Morgan fingerprint density at radius 1 is 1.41 bits per heavy atom. The van der Waals surface area contributed by atoms with Crippen LogP contribution < -0.4 is 10.6 Å². The molecule has 0 bridgehead atoms. The molecule has 0 radical (unpaired) electrons. The van der Waals surface area contributed by atoms with Gasteiger partial charge in [0.2, 0.25) is 5.91 Å². The number of nitrogens with one attached hydrogen (secondary N) is 2. The molecular formula is C12H16Br2N2O. The lowest BCUT2D eigenvalue weighted by atomic mass is 10.2. The van der Waals surface area contributed by atoms with E-state index in [2.05, 4.69) is 56.3 Å². The molecule has 2 N–H and O–H groups in total. The van der Waals surface area contributed by atoms with Crippen molar-refractivity contribution in [2.75, 3.05) is 11.9 Å². The van der Waals surface area contributed by atoms with Crippen molar-refractivity contribution in [2.45, 2.75) is 26.3 Å². The molecule has 5 heteroatoms. The number of benzene rings is 1. The molecule has 94 valence electrons. The first-order valence-corrected chi connectivity index (χ1v) is 7.09. The largest absolute Gasteiger partial charge is 0.324 e. The lowest BCUT2D eigenvalue weighted by Gasteiger charge is -2.12. The fraction of sp³-hybridized carbons (Fsp3) is 0.417. The molecule has 0 aliphatic rings. The van der Waals surface area contributed by atoms with Gasteiger partial charge in [0.1, 0.15) is 0 Å². The number of amides is 1. The van der Waals surface area contributed by atoms with Gasteiger partial charge in [-0.15, -0.1) is 0 Å². The Kier molecular flexibility index (Phi) is 6.16. The first-order valence-electron chi connectivity index (χ1n) is 5.51. The smallest absolute Gasteiger partial charge is 0.238 e. The van der Waals surface area contributed by atoms with Gasteiger partial charge in [0, 0.05) is 15.0 Å². The first kappa shape index (κ1) is 14.7. The Morgan fingerprint density at radius 2 is 2.12 bits per heavy atom. The molecule has 1 aromatic carbocycles. The van der Waals surface area contributed by atoms with Crippen molar-refractivity contribution >= 4 is 43.5 Å². The van der Waals surface area contributed by atoms with Crippen LogP contribution in [-0.2, 0) is 4.79 Å². The molecule has 0 saturated carbocycles. The number of carbonyl (C=O) groups excluding carboxylic acids is 1. The third kappa shape index (κ3) is 5.19. The van der Waals surface area contributed by atoms with E-state index in [9.17, 15) is 4.79 Å². The average molecular weight is 364 g/mol. The summed E-state index contributed by atoms with van der Waals surface area (Å²) in [4.78, 5) is 11.7. The van der Waals surface area contributed by atoms with E-state index in [4.69, 9.17) is 0 Å². The molecule has 0 aliphatic heterocycles. The summed E-state index contributed by atoms with van der Waals surface area (Å²) in [5.41, 5.74) is 0.782. The molecule has 1 unspecified atom stereocenters. The van der Waals surface area contributed by atoms with E-state index in [0.29, 0.717) is 12.6 Å². The van der Waals surface area contributed by atoms with Crippen LogP contribution in [0.15, 0.2) is 27.1 Å². The topological polar surface area (TPSA) is 41.1 Å². The van der Waals surface area contributed by atoms with Crippen molar-refractivity contribution in [3.8, 4) is 0 Å². The number of hydrogen-bond acceptors (Lipinski definition) is 2. The van der Waals surface area contributed by atoms with Crippen LogP contribution in [-0.4, -0.2) is 18.5 Å². The zero-order valence-corrected chi connectivity index (χ0v) is 13.1. The van der Waals surface area contributed by atoms with Gasteiger partial charge in [0.25, 0.3) is 0 Å². The molecule has 0 heterocycles. The zero-order valence-electron chi connectivity index (χ0n) is 9.89. The molecule has 1 atom stereocenters. The Bertz CT molecular complexity index is 396. The highest BCUT2D eigenvalue weighted by atomic mass is 79.9. The Labute approximate surface area is 119 Å². The van der Waals surface area contributed by atoms with Crippen molar-refractivity contribution in [3.63, 3.8) is 0 Å². The summed E-state index contributed by atoms with van der Waals surface area (Å²) in [6.07, 6.45) is 1.01. The van der Waals surface area contributed by atoms with Gasteiger partial charge >= 0.3 is 0 Å². The standard InChI is InChI=1S/C12H16Br2N2O/c1-3-8(2)15-7-12(17)16-11-5-4-9(13)6-10(11)14/h4-6,8,15H,3,7H2,1-2H3,(H,16,17). The summed E-state index contributed by atoms with van der Waals surface area (Å²) in [7, 11) is 0. The molecule has 0 aromatic heterocycles. The van der Waals surface area contributed by atoms with Gasteiger partial charge in [-0.25, -0.2) is 0 Å². The van der Waals surface area contributed by atoms with E-state index in [1.165, 1.54) is 0 Å². The second-order valence-electron chi connectivity index (χ2n) is 3.86. The summed E-state index contributed by atoms with van der Waals surface area (Å²) < 4.78 is 1.84. The van der Waals surface area contributed by atoms with Gasteiger partial charge < -0.3 is 10.6 Å². The minimum Gasteiger partial charge on any atom is -0.324 e. The predicted octanol–water partition coefficient (Wildman–Crippen LogP) is 3.54. The van der Waals surface area contributed by atoms with Gasteiger partial charge in [-0.2, -0.15) is 0 Å². The van der Waals surface area contributed by atoms with E-state index in [-0.39, 0.29) is 5.91 Å². The Hall–Kier alpha value is -0.390. The van der Waals surface area contributed by atoms with Gasteiger partial charge in [-0.05, 0) is 47.5 Å². The fourth-order valence-corrected chi connectivity index (χ4v) is 2.34. The maximum absolute atomic E-state index is 11.7. The van der Waals surface area contributed by atoms with E-state index in [1.54, 1.807) is 0 Å². The lowest BCUT2D eigenvalue weighted by molar-refractivity contribution is -0.115. The molecule has 0 spiro atoms. The highest BCUT2D eigenvalue weighted by molar-refractivity contribution is 9.11. The Morgan fingerprint density at radius 3 is 2.71 bits per heavy atom. The van der Waals surface area contributed by atoms with Gasteiger partial charge in [0.05, 0.1) is 12.2 Å². The zero-order chi connectivity index (χ0) is 12.8. The number of carbonyl (C=O) groups is 1. The van der Waals surface area contributed by atoms with Crippen LogP contribution in [0.5, 0.6) is 0 Å².